The van der Waals surface area contributed by atoms with E-state index in [1.807, 2.05) is 12.1 Å². The third-order valence-corrected chi connectivity index (χ3v) is 5.76. The van der Waals surface area contributed by atoms with Gasteiger partial charge in [0.1, 0.15) is 24.2 Å². The maximum absolute atomic E-state index is 13.2. The van der Waals surface area contributed by atoms with Gasteiger partial charge in [0.15, 0.2) is 5.78 Å². The smallest absolute Gasteiger partial charge is 0.159 e. The van der Waals surface area contributed by atoms with E-state index in [0.717, 1.165) is 7.05 Å². The summed E-state index contributed by atoms with van der Waals surface area (Å²) in [6.45, 7) is -12.2. The summed E-state index contributed by atoms with van der Waals surface area (Å²) in [5.41, 5.74) is 1.33. The molecule has 0 aliphatic heterocycles. The van der Waals surface area contributed by atoms with Crippen LogP contribution >= 0.6 is 11.6 Å². The lowest BCUT2D eigenvalue weighted by molar-refractivity contribution is -0.114. The second-order valence-corrected chi connectivity index (χ2v) is 8.73. The lowest BCUT2D eigenvalue weighted by atomic mass is 10.0. The topological polar surface area (TPSA) is 100 Å². The fraction of sp³-hybridized carbons (Fsp3) is 0.226. The number of nitrogens with zero attached hydrogens (tertiary/aromatic N) is 4. The highest BCUT2D eigenvalue weighted by Gasteiger charge is 2.16. The maximum Gasteiger partial charge on any atom is 0.159 e. The predicted molar refractivity (Wildman–Crippen MR) is 157 cm³/mol. The Kier molecular flexibility index (Phi) is 5.86. The van der Waals surface area contributed by atoms with Crippen LogP contribution in [0, 0.1) is 11.3 Å². The summed E-state index contributed by atoms with van der Waals surface area (Å²) in [6, 6.07) is 13.7. The third-order valence-electron chi connectivity index (χ3n) is 5.46. The van der Waals surface area contributed by atoms with Crippen molar-refractivity contribution in [1.29, 1.82) is 5.26 Å². The van der Waals surface area contributed by atoms with Crippen LogP contribution in [-0.4, -0.2) is 47.7 Å². The molecule has 9 heteroatoms. The molecule has 0 unspecified atom stereocenters. The number of hydrogen-bond acceptors (Lipinski definition) is 8. The number of hydrogen-bond donors (Lipinski definition) is 1. The Balaban J connectivity index is 1.76. The number of pyridine rings is 2. The number of rotatable bonds is 12. The lowest BCUT2D eigenvalue weighted by Gasteiger charge is -2.16. The summed E-state index contributed by atoms with van der Waals surface area (Å²) in [7, 11) is 0.927. The fourth-order valence-electron chi connectivity index (χ4n) is 3.70. The number of likely N-dealkylation sites (N-methyl/N-ethyl adjacent to an activating group) is 1. The van der Waals surface area contributed by atoms with E-state index in [2.05, 4.69) is 15.3 Å². The van der Waals surface area contributed by atoms with Crippen molar-refractivity contribution in [1.82, 2.24) is 14.9 Å². The van der Waals surface area contributed by atoms with E-state index in [1.165, 1.54) is 18.3 Å². The minimum absolute atomic E-state index is 0.0482. The average molecular weight is 567 g/mol. The number of benzene rings is 2. The van der Waals surface area contributed by atoms with Gasteiger partial charge < -0.3 is 19.7 Å². The molecule has 0 aliphatic carbocycles. The first kappa shape index (κ1) is 17.3. The van der Waals surface area contributed by atoms with Crippen LogP contribution in [-0.2, 0) is 17.8 Å². The second kappa shape index (κ2) is 13.6. The normalized spacial score (nSPS) is 16.8. The molecule has 2 aromatic heterocycles. The fourth-order valence-corrected chi connectivity index (χ4v) is 3.93. The number of carbonyl (C=O) groups excluding carboxylic acids is 1. The van der Waals surface area contributed by atoms with E-state index in [0.29, 0.717) is 28.1 Å². The van der Waals surface area contributed by atoms with E-state index in [-0.39, 0.29) is 39.3 Å². The minimum Gasteiger partial charge on any atom is -0.494 e. The van der Waals surface area contributed by atoms with Crippen LogP contribution in [0.1, 0.15) is 38.8 Å². The molecule has 8 nitrogen and oxygen atoms in total. The zero-order chi connectivity index (χ0) is 37.9. The molecule has 204 valence electrons. The SMILES string of the molecule is [2H]/C(=C\C(=O)Cc1cc2c(Nc3ccc(OCc4ccccn4)c(Cl)c3)c(C#N)cnc2cc1OC([2H])([2H])C([2H])([2H])[2H])C([2H])([2H])N(C)C([2H])([2H])[2H]. The first-order chi connectivity index (χ1) is 23.6. The Morgan fingerprint density at radius 1 is 1.25 bits per heavy atom. The molecular weight excluding hydrogens is 526 g/mol. The van der Waals surface area contributed by atoms with Gasteiger partial charge in [-0.2, -0.15) is 5.26 Å². The zero-order valence-electron chi connectivity index (χ0n) is 32.2. The van der Waals surface area contributed by atoms with Crippen LogP contribution in [0.5, 0.6) is 11.5 Å². The van der Waals surface area contributed by atoms with Gasteiger partial charge in [0.05, 0.1) is 38.2 Å². The highest BCUT2D eigenvalue weighted by atomic mass is 35.5. The second-order valence-electron chi connectivity index (χ2n) is 8.32. The van der Waals surface area contributed by atoms with Crippen LogP contribution in [0.4, 0.5) is 11.4 Å². The van der Waals surface area contributed by atoms with Crippen molar-refractivity contribution >= 4 is 39.7 Å². The van der Waals surface area contributed by atoms with Crippen molar-refractivity contribution in [2.24, 2.45) is 0 Å². The van der Waals surface area contributed by atoms with Crippen LogP contribution in [0.3, 0.4) is 0 Å². The molecule has 0 spiro atoms. The van der Waals surface area contributed by atoms with Crippen LogP contribution in [0.25, 0.3) is 10.9 Å². The van der Waals surface area contributed by atoms with Gasteiger partial charge in [-0.25, -0.2) is 0 Å². The molecule has 0 bridgehead atoms. The quantitative estimate of drug-likeness (QED) is 0.205. The van der Waals surface area contributed by atoms with Gasteiger partial charge in [-0.15, -0.1) is 0 Å². The number of allylic oxidation sites excluding steroid dienone is 1. The summed E-state index contributed by atoms with van der Waals surface area (Å²) in [5.74, 6) is -0.969. The van der Waals surface area contributed by atoms with Gasteiger partial charge in [-0.3, -0.25) is 14.8 Å². The van der Waals surface area contributed by atoms with E-state index in [9.17, 15) is 10.1 Å². The van der Waals surface area contributed by atoms with E-state index in [1.54, 1.807) is 36.5 Å². The van der Waals surface area contributed by atoms with Crippen molar-refractivity contribution in [3.05, 3.63) is 94.9 Å². The van der Waals surface area contributed by atoms with Crippen molar-refractivity contribution in [3.63, 3.8) is 0 Å². The summed E-state index contributed by atoms with van der Waals surface area (Å²) in [6.07, 6.45) is 2.76. The van der Waals surface area contributed by atoms with Crippen LogP contribution < -0.4 is 14.8 Å². The number of nitrogens with one attached hydrogen (secondary N) is 1. The third kappa shape index (κ3) is 7.35. The first-order valence-electron chi connectivity index (χ1n) is 17.2. The number of fused-ring (bicyclic) bond motifs is 1. The Morgan fingerprint density at radius 2 is 2.15 bits per heavy atom. The molecule has 2 aromatic carbocycles. The number of nitriles is 1. The van der Waals surface area contributed by atoms with Crippen molar-refractivity contribution in [2.75, 3.05) is 32.4 Å². The molecule has 40 heavy (non-hydrogen) atoms. The summed E-state index contributed by atoms with van der Waals surface area (Å²) in [5, 5.41) is 13.5. The Bertz CT molecular complexity index is 2000. The zero-order valence-corrected chi connectivity index (χ0v) is 21.9. The molecule has 0 saturated heterocycles. The van der Waals surface area contributed by atoms with Gasteiger partial charge in [0.25, 0.3) is 0 Å². The number of carbonyl (C=O) groups is 1. The van der Waals surface area contributed by atoms with Gasteiger partial charge >= 0.3 is 0 Å². The maximum atomic E-state index is 13.2. The monoisotopic (exact) mass is 566 g/mol. The van der Waals surface area contributed by atoms with Crippen molar-refractivity contribution in [2.45, 2.75) is 19.9 Å². The number of halogens is 1. The summed E-state index contributed by atoms with van der Waals surface area (Å²) < 4.78 is 96.6. The van der Waals surface area contributed by atoms with Gasteiger partial charge in [0.2, 0.25) is 0 Å². The number of ether oxygens (including phenoxy) is 2. The molecule has 0 fully saturated rings. The molecule has 0 aliphatic rings. The Hall–Kier alpha value is -4.45. The van der Waals surface area contributed by atoms with Crippen LogP contribution in [0.2, 0.25) is 5.02 Å². The first-order valence-corrected chi connectivity index (χ1v) is 12.1. The average Bonchev–Trinajstić information content (AvgIpc) is 3.04. The van der Waals surface area contributed by atoms with E-state index < -0.39 is 50.9 Å². The van der Waals surface area contributed by atoms with E-state index in [4.69, 9.17) is 36.2 Å². The van der Waals surface area contributed by atoms with Gasteiger partial charge in [-0.1, -0.05) is 23.7 Å². The van der Waals surface area contributed by atoms with Crippen LogP contribution in [0.15, 0.2) is 73.1 Å². The van der Waals surface area contributed by atoms with Crippen molar-refractivity contribution < 1.29 is 29.3 Å². The Labute approximate surface area is 254 Å². The Morgan fingerprint density at radius 3 is 2.90 bits per heavy atom. The molecule has 2 heterocycles. The molecule has 0 saturated carbocycles. The summed E-state index contributed by atoms with van der Waals surface area (Å²) in [4.78, 5) is 22.0. The number of anilines is 2. The highest BCUT2D eigenvalue weighted by molar-refractivity contribution is 6.32. The standard InChI is InChI=1S/C31H30ClN5O3/c1-4-39-30-17-28-26(15-21(30)14-25(38)9-7-13-37(2)3)31(22(18-33)19-35-28)36-23-10-11-29(27(32)16-23)40-20-24-8-5-6-12-34-24/h5-12,15-17,19H,4,13-14,20H2,1-3H3,(H,35,36)/b9-7+/i1D3,2D3,4D2,7D,13D2. The van der Waals surface area contributed by atoms with Gasteiger partial charge in [0, 0.05) is 59.0 Å². The predicted octanol–water partition coefficient (Wildman–Crippen LogP) is 6.11. The molecule has 0 radical (unpaired) electrons. The summed E-state index contributed by atoms with van der Waals surface area (Å²) >= 11 is 6.49. The van der Waals surface area contributed by atoms with E-state index >= 15 is 0 Å². The van der Waals surface area contributed by atoms with Crippen molar-refractivity contribution in [3.8, 4) is 17.6 Å². The number of aromatic nitrogens is 2. The molecule has 0 atom stereocenters. The largest absolute Gasteiger partial charge is 0.494 e. The lowest BCUT2D eigenvalue weighted by Crippen LogP contribution is -2.11. The highest BCUT2D eigenvalue weighted by Crippen LogP contribution is 2.36. The molecular formula is C31H30ClN5O3. The molecule has 1 N–H and O–H groups in total. The molecule has 0 amide bonds. The van der Waals surface area contributed by atoms with Gasteiger partial charge in [-0.05, 0) is 63.3 Å². The number of ketones is 1. The molecule has 4 aromatic rings. The molecule has 4 rings (SSSR count). The minimum atomic E-state index is -3.26.